The molecule has 8 N–H and O–H groups in total. The molecule has 8 atom stereocenters. The van der Waals surface area contributed by atoms with E-state index in [0.717, 1.165) is 45.2 Å². The Kier molecular flexibility index (Phi) is 22.0. The number of nitrogens with zero attached hydrogens (tertiary/aromatic N) is 4. The van der Waals surface area contributed by atoms with E-state index < -0.39 is 113 Å². The molecular formula is C66H83F3N9O13PS2. The lowest BCUT2D eigenvalue weighted by Gasteiger charge is -2.38. The van der Waals surface area contributed by atoms with Crippen LogP contribution in [0.2, 0.25) is 0 Å². The average molecular weight is 1360 g/mol. The fourth-order valence-electron chi connectivity index (χ4n) is 12.1. The van der Waals surface area contributed by atoms with E-state index in [9.17, 15) is 66.2 Å². The second-order valence-electron chi connectivity index (χ2n) is 27.1. The molecular weight excluding hydrogens is 1280 g/mol. The van der Waals surface area contributed by atoms with Crippen LogP contribution in [0.3, 0.4) is 0 Å². The van der Waals surface area contributed by atoms with Gasteiger partial charge in [0, 0.05) is 55.3 Å². The van der Waals surface area contributed by atoms with E-state index in [1.54, 1.807) is 64.1 Å². The standard InChI is InChI=1S/C66H83F3N9O13PS2/c1-38-54(93-37-71-38)41-20-18-39(19-21-41)46(73-57(82)47-32-45(79)35-78(47)61(86)56(64(5,6)7)75-62(87)65(67)24-25-65)33-53(81)70-26-14-9-8-13-17-52(80)72-44-31-48(59(84)76-27-28-91-49(36-76)40-15-11-10-12-16-40)77(34-44)60(85)55(63(2,3)4)74-58(83)51-30-42-29-43(22-23-50(42)94-51)66(68,69)92(88,89)90/h10-12,15-16,18-23,29-30,37,44-49,55-56,79H,8-9,13-14,17,24-28,31-36H2,1-7H3,(H,70,81)(H,72,80)(H,73,82)(H,74,83)(H,75,87)(H2,88,89,90)/t44-,45+,46-,47-,48-,49-,55+,56+/m0/s1. The summed E-state index contributed by atoms with van der Waals surface area (Å²) in [6.45, 7) is 12.9. The number of benzene rings is 3. The number of β-amino-alcohol motifs (C(OH)–C–C–N with tert-alkyl or cyclic N) is 1. The van der Waals surface area contributed by atoms with E-state index in [-0.39, 0.29) is 106 Å². The van der Waals surface area contributed by atoms with Gasteiger partial charge in [0.15, 0.2) is 5.67 Å². The minimum absolute atomic E-state index is 0.0301. The number of alkyl halides is 3. The van der Waals surface area contributed by atoms with Crippen molar-refractivity contribution in [2.24, 2.45) is 10.8 Å². The quantitative estimate of drug-likeness (QED) is 0.0217. The summed E-state index contributed by atoms with van der Waals surface area (Å²) >= 11 is 2.40. The number of carbonyl (C=O) groups is 8. The molecule has 508 valence electrons. The zero-order chi connectivity index (χ0) is 68.2. The first-order valence-electron chi connectivity index (χ1n) is 31.6. The molecule has 3 aliphatic heterocycles. The van der Waals surface area contributed by atoms with Crippen LogP contribution in [0.1, 0.15) is 150 Å². The first-order chi connectivity index (χ1) is 44.2. The molecule has 2 aromatic heterocycles. The molecule has 3 saturated heterocycles. The van der Waals surface area contributed by atoms with Crippen LogP contribution in [0.5, 0.6) is 0 Å². The summed E-state index contributed by atoms with van der Waals surface area (Å²) in [7, 11) is -5.88. The normalized spacial score (nSPS) is 20.9. The number of thiophene rings is 1. The number of morpholine rings is 1. The van der Waals surface area contributed by atoms with Crippen molar-refractivity contribution >= 4 is 87.6 Å². The number of aliphatic hydroxyl groups excluding tert-OH is 1. The van der Waals surface area contributed by atoms with E-state index in [1.807, 2.05) is 49.4 Å². The summed E-state index contributed by atoms with van der Waals surface area (Å²) in [5.41, 5.74) is -4.39. The van der Waals surface area contributed by atoms with Crippen LogP contribution in [-0.4, -0.2) is 163 Å². The van der Waals surface area contributed by atoms with Crippen molar-refractivity contribution in [2.75, 3.05) is 39.3 Å². The summed E-state index contributed by atoms with van der Waals surface area (Å²) in [5.74, 6) is -4.54. The Hall–Kier alpha value is -7.13. The van der Waals surface area contributed by atoms with Gasteiger partial charge in [0.1, 0.15) is 30.3 Å². The van der Waals surface area contributed by atoms with Gasteiger partial charge in [-0.2, -0.15) is 8.78 Å². The van der Waals surface area contributed by atoms with E-state index in [1.165, 1.54) is 33.3 Å². The minimum atomic E-state index is -5.88. The lowest BCUT2D eigenvalue weighted by atomic mass is 9.85. The fourth-order valence-corrected chi connectivity index (χ4v) is 14.3. The van der Waals surface area contributed by atoms with Crippen LogP contribution >= 0.6 is 30.3 Å². The molecule has 4 fully saturated rings. The smallest absolute Gasteiger partial charge is 0.391 e. The highest BCUT2D eigenvalue weighted by atomic mass is 32.1. The van der Waals surface area contributed by atoms with Crippen molar-refractivity contribution in [1.82, 2.24) is 46.3 Å². The maximum Gasteiger partial charge on any atom is 0.399 e. The molecule has 9 rings (SSSR count). The van der Waals surface area contributed by atoms with Crippen molar-refractivity contribution in [3.8, 4) is 10.4 Å². The van der Waals surface area contributed by atoms with Gasteiger partial charge in [-0.05, 0) is 90.1 Å². The summed E-state index contributed by atoms with van der Waals surface area (Å²) in [6.07, 6.45) is 0.697. The Balaban J connectivity index is 0.806. The third kappa shape index (κ3) is 16.9. The van der Waals surface area contributed by atoms with E-state index >= 15 is 4.79 Å². The SMILES string of the molecule is Cc1ncsc1-c1ccc([C@H](CC(=O)NCCCCCCC(=O)N[C@H]2C[C@@H](C(=O)N3CCO[C@H](c4ccccc4)C3)N(C(=O)[C@@H](NC(=O)c3cc4cc(C(F)(F)P(=O)(O)O)ccc4s3)C(C)(C)C)C2)NC(=O)[C@@H]2C[C@@H](O)CN2C(=O)[C@@H](NC(=O)C2(F)CC2)C(C)(C)C)cc1. The van der Waals surface area contributed by atoms with Crippen molar-refractivity contribution in [1.29, 1.82) is 0 Å². The number of aromatic nitrogens is 1. The zero-order valence-corrected chi connectivity index (χ0v) is 56.2. The number of thiazole rings is 1. The number of unbranched alkanes of at least 4 members (excludes halogenated alkanes) is 3. The number of aliphatic hydroxyl groups is 1. The van der Waals surface area contributed by atoms with Crippen molar-refractivity contribution in [3.63, 3.8) is 0 Å². The Morgan fingerprint density at radius 1 is 0.787 bits per heavy atom. The molecule has 4 aliphatic rings. The molecule has 5 heterocycles. The second-order valence-corrected chi connectivity index (χ2v) is 30.7. The number of nitrogens with one attached hydrogen (secondary N) is 5. The Morgan fingerprint density at radius 2 is 1.45 bits per heavy atom. The summed E-state index contributed by atoms with van der Waals surface area (Å²) in [6, 6.07) is 14.8. The molecule has 8 amide bonds. The number of hydrogen-bond donors (Lipinski definition) is 8. The zero-order valence-electron chi connectivity index (χ0n) is 53.6. The number of fused-ring (bicyclic) bond motifs is 1. The molecule has 5 aromatic rings. The first kappa shape index (κ1) is 71.2. The lowest BCUT2D eigenvalue weighted by molar-refractivity contribution is -0.150. The second kappa shape index (κ2) is 29.1. The number of carbonyl (C=O) groups excluding carboxylic acids is 8. The maximum atomic E-state index is 15.0. The minimum Gasteiger partial charge on any atom is -0.391 e. The van der Waals surface area contributed by atoms with E-state index in [0.29, 0.717) is 35.9 Å². The summed E-state index contributed by atoms with van der Waals surface area (Å²) in [4.78, 5) is 141. The monoisotopic (exact) mass is 1360 g/mol. The highest BCUT2D eigenvalue weighted by Gasteiger charge is 2.54. The van der Waals surface area contributed by atoms with Crippen LogP contribution in [-0.2, 0) is 48.5 Å². The molecule has 0 unspecified atom stereocenters. The Morgan fingerprint density at radius 3 is 2.09 bits per heavy atom. The third-order valence-electron chi connectivity index (χ3n) is 17.7. The van der Waals surface area contributed by atoms with Gasteiger partial charge >= 0.3 is 13.3 Å². The predicted molar refractivity (Wildman–Crippen MR) is 347 cm³/mol. The number of halogens is 3. The number of hydrogen-bond acceptors (Lipinski definition) is 14. The number of ether oxygens (including phenoxy) is 1. The van der Waals surface area contributed by atoms with Crippen molar-refractivity contribution in [3.05, 3.63) is 112 Å². The number of rotatable bonds is 24. The largest absolute Gasteiger partial charge is 0.399 e. The third-order valence-corrected chi connectivity index (χ3v) is 20.7. The molecule has 28 heteroatoms. The number of amides is 8. The fraction of sp³-hybridized carbons (Fsp3) is 0.530. The van der Waals surface area contributed by atoms with Crippen molar-refractivity contribution in [2.45, 2.75) is 172 Å². The highest BCUT2D eigenvalue weighted by Crippen LogP contribution is 2.59. The molecule has 0 spiro atoms. The molecule has 1 saturated carbocycles. The molecule has 0 bridgehead atoms. The predicted octanol–water partition coefficient (Wildman–Crippen LogP) is 7.70. The van der Waals surface area contributed by atoms with E-state index in [4.69, 9.17) is 4.74 Å². The Bertz CT molecular complexity index is 3670. The lowest BCUT2D eigenvalue weighted by Crippen LogP contribution is -2.59. The van der Waals surface area contributed by atoms with Gasteiger partial charge in [-0.3, -0.25) is 42.9 Å². The van der Waals surface area contributed by atoms with Crippen LogP contribution in [0.25, 0.3) is 20.5 Å². The summed E-state index contributed by atoms with van der Waals surface area (Å²) < 4.78 is 62.3. The highest BCUT2D eigenvalue weighted by molar-refractivity contribution is 7.52. The molecule has 3 aromatic carbocycles. The number of aryl methyl sites for hydroxylation is 1. The van der Waals surface area contributed by atoms with Gasteiger partial charge in [-0.25, -0.2) is 9.37 Å². The van der Waals surface area contributed by atoms with Crippen molar-refractivity contribution < 1.29 is 75.7 Å². The molecule has 22 nitrogen and oxygen atoms in total. The van der Waals surface area contributed by atoms with Gasteiger partial charge in [-0.1, -0.05) is 115 Å². The topological polar surface area (TPSA) is 306 Å². The van der Waals surface area contributed by atoms with Gasteiger partial charge in [-0.15, -0.1) is 22.7 Å². The number of likely N-dealkylation sites (tertiary alicyclic amines) is 2. The maximum absolute atomic E-state index is 15.0. The van der Waals surface area contributed by atoms with Gasteiger partial charge in [0.2, 0.25) is 35.4 Å². The average Bonchev–Trinajstić information content (AvgIpc) is 1.52. The van der Waals surface area contributed by atoms with Gasteiger partial charge < -0.3 is 60.9 Å². The van der Waals surface area contributed by atoms with E-state index in [2.05, 4.69) is 31.6 Å². The molecule has 0 radical (unpaired) electrons. The summed E-state index contributed by atoms with van der Waals surface area (Å²) in [5, 5.41) is 25.3. The molecule has 1 aliphatic carbocycles. The Labute approximate surface area is 551 Å². The first-order valence-corrected chi connectivity index (χ1v) is 34.9. The van der Waals surface area contributed by atoms with Gasteiger partial charge in [0.25, 0.3) is 11.8 Å². The van der Waals surface area contributed by atoms with Crippen LogP contribution in [0, 0.1) is 17.8 Å². The van der Waals surface area contributed by atoms with Crippen LogP contribution in [0.15, 0.2) is 84.4 Å². The van der Waals surface area contributed by atoms with Crippen LogP contribution < -0.4 is 26.6 Å². The van der Waals surface area contributed by atoms with Gasteiger partial charge in [0.05, 0.1) is 52.7 Å². The van der Waals surface area contributed by atoms with Crippen LogP contribution in [0.4, 0.5) is 13.2 Å². The molecule has 94 heavy (non-hydrogen) atoms.